The molecule has 0 N–H and O–H groups in total. The van der Waals surface area contributed by atoms with Crippen LogP contribution in [0.3, 0.4) is 0 Å². The topological polar surface area (TPSA) is 55.4 Å². The van der Waals surface area contributed by atoms with Gasteiger partial charge in [0, 0.05) is 0 Å². The van der Waals surface area contributed by atoms with E-state index >= 15 is 0 Å². The summed E-state index contributed by atoms with van der Waals surface area (Å²) in [6.07, 6.45) is -0.202. The second-order valence-corrected chi connectivity index (χ2v) is 11.3. The van der Waals surface area contributed by atoms with Crippen LogP contribution in [0.4, 0.5) is 0 Å². The van der Waals surface area contributed by atoms with Gasteiger partial charge in [-0.25, -0.2) is 0 Å². The fourth-order valence-corrected chi connectivity index (χ4v) is 5.48. The van der Waals surface area contributed by atoms with E-state index in [1.807, 2.05) is 128 Å². The predicted octanol–water partition coefficient (Wildman–Crippen LogP) is 8.65. The Labute approximate surface area is 227 Å². The molecule has 0 aliphatic carbocycles. The first kappa shape index (κ1) is 27.9. The molecule has 0 bridgehead atoms. The molecular formula is C30H32O6P2. The molecule has 0 fully saturated rings. The summed E-state index contributed by atoms with van der Waals surface area (Å²) in [6.45, 7) is 4.76. The van der Waals surface area contributed by atoms with Gasteiger partial charge in [0.15, 0.2) is 0 Å². The molecule has 4 aromatic rings. The van der Waals surface area contributed by atoms with E-state index in [2.05, 4.69) is 6.92 Å². The van der Waals surface area contributed by atoms with Gasteiger partial charge in [-0.1, -0.05) is 72.8 Å². The highest BCUT2D eigenvalue weighted by molar-refractivity contribution is 7.49. The largest absolute Gasteiger partial charge is 0.463 e. The number of ether oxygens (including phenoxy) is 1. The standard InChI is InChI=1S/C30H32O6P2/c1-25(23-32-38(35-29-19-11-5-12-20-29)36-30-21-13-6-14-22-30)31-24-26(2)37(33-27-15-7-3-8-16-27)34-28-17-9-4-10-18-28/h3-22,25-26H,23-24H2,1-2H3. The Bertz CT molecular complexity index is 1090. The summed E-state index contributed by atoms with van der Waals surface area (Å²) < 4.78 is 36.6. The smallest absolute Gasteiger partial charge is 0.438 e. The van der Waals surface area contributed by atoms with Gasteiger partial charge in [-0.05, 0) is 62.4 Å². The van der Waals surface area contributed by atoms with Gasteiger partial charge in [-0.2, -0.15) is 0 Å². The van der Waals surface area contributed by atoms with Crippen LogP contribution in [0, 0.1) is 0 Å². The molecule has 4 aromatic carbocycles. The highest BCUT2D eigenvalue weighted by atomic mass is 31.2. The predicted molar refractivity (Wildman–Crippen MR) is 153 cm³/mol. The summed E-state index contributed by atoms with van der Waals surface area (Å²) in [5, 5.41) is 0. The van der Waals surface area contributed by atoms with Crippen molar-refractivity contribution in [2.75, 3.05) is 13.2 Å². The maximum absolute atomic E-state index is 6.24. The molecule has 4 rings (SSSR count). The minimum Gasteiger partial charge on any atom is -0.438 e. The van der Waals surface area contributed by atoms with Crippen LogP contribution < -0.4 is 18.1 Å². The van der Waals surface area contributed by atoms with E-state index in [9.17, 15) is 0 Å². The summed E-state index contributed by atoms with van der Waals surface area (Å²) in [5.74, 6) is 2.89. The average Bonchev–Trinajstić information content (AvgIpc) is 2.96. The molecule has 6 nitrogen and oxygen atoms in total. The lowest BCUT2D eigenvalue weighted by molar-refractivity contribution is 0.0306. The molecule has 0 aliphatic heterocycles. The van der Waals surface area contributed by atoms with Gasteiger partial charge in [0.1, 0.15) is 23.0 Å². The molecule has 0 saturated heterocycles. The number of hydrogen-bond acceptors (Lipinski definition) is 6. The Kier molecular flexibility index (Phi) is 11.2. The van der Waals surface area contributed by atoms with Crippen molar-refractivity contribution in [3.8, 4) is 23.0 Å². The Balaban J connectivity index is 1.32. The first-order chi connectivity index (χ1) is 18.7. The lowest BCUT2D eigenvalue weighted by atomic mass is 10.3. The zero-order valence-corrected chi connectivity index (χ0v) is 23.2. The third-order valence-corrected chi connectivity index (χ3v) is 7.85. The van der Waals surface area contributed by atoms with Crippen molar-refractivity contribution in [1.82, 2.24) is 0 Å². The lowest BCUT2D eigenvalue weighted by Crippen LogP contribution is -2.23. The van der Waals surface area contributed by atoms with Gasteiger partial charge in [-0.3, -0.25) is 4.52 Å². The van der Waals surface area contributed by atoms with E-state index in [0.717, 1.165) is 11.5 Å². The van der Waals surface area contributed by atoms with Crippen LogP contribution in [-0.4, -0.2) is 25.0 Å². The van der Waals surface area contributed by atoms with Gasteiger partial charge in [0.25, 0.3) is 8.38 Å². The first-order valence-electron chi connectivity index (χ1n) is 12.4. The molecule has 0 aliphatic rings. The fraction of sp³-hybridized carbons (Fsp3) is 0.200. The quantitative estimate of drug-likeness (QED) is 0.138. The monoisotopic (exact) mass is 550 g/mol. The second kappa shape index (κ2) is 15.3. The van der Waals surface area contributed by atoms with Crippen LogP contribution >= 0.6 is 17.0 Å². The molecule has 2 unspecified atom stereocenters. The van der Waals surface area contributed by atoms with Gasteiger partial charge in [0.05, 0.1) is 25.0 Å². The molecule has 0 aromatic heterocycles. The molecule has 0 radical (unpaired) electrons. The zero-order chi connectivity index (χ0) is 26.4. The first-order valence-corrected chi connectivity index (χ1v) is 14.8. The normalized spacial score (nSPS) is 12.6. The van der Waals surface area contributed by atoms with E-state index in [1.165, 1.54) is 0 Å². The molecule has 0 amide bonds. The van der Waals surface area contributed by atoms with E-state index < -0.39 is 17.0 Å². The third-order valence-electron chi connectivity index (χ3n) is 5.12. The molecule has 2 atom stereocenters. The van der Waals surface area contributed by atoms with Crippen molar-refractivity contribution in [3.63, 3.8) is 0 Å². The minimum absolute atomic E-state index is 0.00416. The fourth-order valence-electron chi connectivity index (χ4n) is 3.15. The Morgan fingerprint density at radius 1 is 0.500 bits per heavy atom. The summed E-state index contributed by atoms with van der Waals surface area (Å²) in [4.78, 5) is 0. The Morgan fingerprint density at radius 2 is 0.868 bits per heavy atom. The second-order valence-electron chi connectivity index (χ2n) is 8.42. The van der Waals surface area contributed by atoms with Crippen LogP contribution in [-0.2, 0) is 9.26 Å². The van der Waals surface area contributed by atoms with Crippen LogP contribution in [0.5, 0.6) is 23.0 Å². The molecular weight excluding hydrogens is 518 g/mol. The van der Waals surface area contributed by atoms with E-state index in [4.69, 9.17) is 27.4 Å². The summed E-state index contributed by atoms with van der Waals surface area (Å²) in [7, 11) is -2.98. The summed E-state index contributed by atoms with van der Waals surface area (Å²) in [6, 6.07) is 38.4. The maximum Gasteiger partial charge on any atom is 0.463 e. The van der Waals surface area contributed by atoms with Crippen molar-refractivity contribution in [1.29, 1.82) is 0 Å². The SMILES string of the molecule is CC(COP(Oc1ccccc1)Oc1ccccc1)OCC(C)P(Oc1ccccc1)Oc1ccccc1. The van der Waals surface area contributed by atoms with Crippen molar-refractivity contribution in [3.05, 3.63) is 121 Å². The van der Waals surface area contributed by atoms with Gasteiger partial charge in [-0.15, -0.1) is 0 Å². The lowest BCUT2D eigenvalue weighted by Gasteiger charge is -2.25. The van der Waals surface area contributed by atoms with Gasteiger partial charge in [0.2, 0.25) is 0 Å². The van der Waals surface area contributed by atoms with Crippen molar-refractivity contribution in [2.45, 2.75) is 25.6 Å². The van der Waals surface area contributed by atoms with Crippen LogP contribution in [0.25, 0.3) is 0 Å². The van der Waals surface area contributed by atoms with Gasteiger partial charge < -0.3 is 22.8 Å². The summed E-state index contributed by atoms with van der Waals surface area (Å²) in [5.41, 5.74) is -0.00416. The van der Waals surface area contributed by atoms with Crippen molar-refractivity contribution in [2.24, 2.45) is 0 Å². The molecule has 0 heterocycles. The number of benzene rings is 4. The molecule has 0 spiro atoms. The third kappa shape index (κ3) is 9.63. The highest BCUT2D eigenvalue weighted by Crippen LogP contribution is 2.45. The molecule has 198 valence electrons. The number of rotatable bonds is 15. The van der Waals surface area contributed by atoms with E-state index in [-0.39, 0.29) is 11.8 Å². The average molecular weight is 551 g/mol. The van der Waals surface area contributed by atoms with E-state index in [1.54, 1.807) is 0 Å². The van der Waals surface area contributed by atoms with Crippen molar-refractivity contribution >= 4 is 17.0 Å². The maximum atomic E-state index is 6.24. The van der Waals surface area contributed by atoms with Crippen LogP contribution in [0.2, 0.25) is 0 Å². The summed E-state index contributed by atoms with van der Waals surface area (Å²) >= 11 is 0. The molecule has 38 heavy (non-hydrogen) atoms. The minimum atomic E-state index is -1.68. The molecule has 0 saturated carbocycles. The van der Waals surface area contributed by atoms with Crippen molar-refractivity contribution < 1.29 is 27.4 Å². The van der Waals surface area contributed by atoms with E-state index in [0.29, 0.717) is 24.7 Å². The Hall–Kier alpha value is -3.14. The zero-order valence-electron chi connectivity index (χ0n) is 21.5. The number of hydrogen-bond donors (Lipinski definition) is 0. The highest BCUT2D eigenvalue weighted by Gasteiger charge is 2.26. The van der Waals surface area contributed by atoms with Crippen LogP contribution in [0.15, 0.2) is 121 Å². The van der Waals surface area contributed by atoms with Crippen LogP contribution in [0.1, 0.15) is 13.8 Å². The van der Waals surface area contributed by atoms with Gasteiger partial charge >= 0.3 is 8.60 Å². The number of para-hydroxylation sites is 4. The molecule has 8 heteroatoms. The Morgan fingerprint density at radius 3 is 1.26 bits per heavy atom.